The second-order valence-electron chi connectivity index (χ2n) is 6.68. The predicted molar refractivity (Wildman–Crippen MR) is 109 cm³/mol. The molecule has 2 rings (SSSR count). The molecular weight excluding hydrogens is 356 g/mol. The molecule has 7 heteroatoms. The molecule has 0 unspecified atom stereocenters. The largest absolute Gasteiger partial charge is 0.497 e. The fourth-order valence-corrected chi connectivity index (χ4v) is 2.61. The van der Waals surface area contributed by atoms with Crippen LogP contribution in [0.2, 0.25) is 0 Å². The summed E-state index contributed by atoms with van der Waals surface area (Å²) in [6, 6.07) is 12.6. The van der Waals surface area contributed by atoms with Gasteiger partial charge in [0.15, 0.2) is 0 Å². The third-order valence-electron chi connectivity index (χ3n) is 4.12. The van der Waals surface area contributed by atoms with Crippen LogP contribution in [0.3, 0.4) is 0 Å². The molecular formula is C21H28N4O3. The Morgan fingerprint density at radius 3 is 2.29 bits per heavy atom. The van der Waals surface area contributed by atoms with Gasteiger partial charge >= 0.3 is 0 Å². The van der Waals surface area contributed by atoms with Crippen molar-refractivity contribution in [3.8, 4) is 5.75 Å². The van der Waals surface area contributed by atoms with Crippen molar-refractivity contribution in [2.45, 2.75) is 12.8 Å². The van der Waals surface area contributed by atoms with Gasteiger partial charge in [-0.25, -0.2) is 4.98 Å². The highest BCUT2D eigenvalue weighted by Crippen LogP contribution is 2.12. The van der Waals surface area contributed by atoms with Gasteiger partial charge < -0.3 is 20.3 Å². The molecule has 2 amide bonds. The standard InChI is InChI=1S/C21H28N4O3/c1-25(2)14-6-12-22-20(26)18-9-5-10-19(24-18)21(27)23-13-11-16-7-4-8-17(15-16)28-3/h4-5,7-10,15H,6,11-14H2,1-3H3,(H,22,26)(H,23,27). The highest BCUT2D eigenvalue weighted by Gasteiger charge is 2.12. The summed E-state index contributed by atoms with van der Waals surface area (Å²) in [5.74, 6) is 0.213. The number of benzene rings is 1. The van der Waals surface area contributed by atoms with E-state index in [0.717, 1.165) is 24.3 Å². The minimum atomic E-state index is -0.301. The Kier molecular flexibility index (Phi) is 8.42. The van der Waals surface area contributed by atoms with E-state index in [4.69, 9.17) is 4.74 Å². The van der Waals surface area contributed by atoms with Gasteiger partial charge in [0.1, 0.15) is 17.1 Å². The van der Waals surface area contributed by atoms with Crippen LogP contribution in [0, 0.1) is 0 Å². The zero-order valence-electron chi connectivity index (χ0n) is 16.7. The highest BCUT2D eigenvalue weighted by atomic mass is 16.5. The van der Waals surface area contributed by atoms with Crippen LogP contribution < -0.4 is 15.4 Å². The number of methoxy groups -OCH3 is 1. The normalized spacial score (nSPS) is 10.6. The molecule has 0 aliphatic carbocycles. The number of nitrogens with one attached hydrogen (secondary N) is 2. The van der Waals surface area contributed by atoms with E-state index in [1.807, 2.05) is 38.4 Å². The van der Waals surface area contributed by atoms with Crippen molar-refractivity contribution in [3.63, 3.8) is 0 Å². The Labute approximate surface area is 166 Å². The zero-order chi connectivity index (χ0) is 20.4. The first-order valence-corrected chi connectivity index (χ1v) is 9.30. The molecule has 0 bridgehead atoms. The summed E-state index contributed by atoms with van der Waals surface area (Å²) in [7, 11) is 5.59. The molecule has 1 aromatic heterocycles. The van der Waals surface area contributed by atoms with Gasteiger partial charge in [-0.15, -0.1) is 0 Å². The maximum absolute atomic E-state index is 12.3. The fraction of sp³-hybridized carbons (Fsp3) is 0.381. The van der Waals surface area contributed by atoms with Crippen molar-refractivity contribution >= 4 is 11.8 Å². The van der Waals surface area contributed by atoms with Gasteiger partial charge in [-0.3, -0.25) is 9.59 Å². The molecule has 0 saturated carbocycles. The van der Waals surface area contributed by atoms with Crippen LogP contribution in [0.25, 0.3) is 0 Å². The van der Waals surface area contributed by atoms with Crippen LogP contribution in [-0.2, 0) is 6.42 Å². The number of aromatic nitrogens is 1. The second kappa shape index (κ2) is 11.0. The third kappa shape index (κ3) is 7.00. The van der Waals surface area contributed by atoms with Crippen molar-refractivity contribution in [1.82, 2.24) is 20.5 Å². The molecule has 0 aliphatic rings. The van der Waals surface area contributed by atoms with Gasteiger partial charge in [0.2, 0.25) is 0 Å². The summed E-state index contributed by atoms with van der Waals surface area (Å²) < 4.78 is 5.20. The monoisotopic (exact) mass is 384 g/mol. The average molecular weight is 384 g/mol. The lowest BCUT2D eigenvalue weighted by Crippen LogP contribution is -2.30. The summed E-state index contributed by atoms with van der Waals surface area (Å²) in [6.07, 6.45) is 1.53. The number of hydrogen-bond acceptors (Lipinski definition) is 5. The Morgan fingerprint density at radius 2 is 1.64 bits per heavy atom. The summed E-state index contributed by atoms with van der Waals surface area (Å²) in [5, 5.41) is 5.66. The lowest BCUT2D eigenvalue weighted by Gasteiger charge is -2.10. The number of ether oxygens (including phenoxy) is 1. The SMILES string of the molecule is COc1cccc(CCNC(=O)c2cccc(C(=O)NCCCN(C)C)n2)c1. The average Bonchev–Trinajstić information content (AvgIpc) is 2.71. The number of pyridine rings is 1. The minimum absolute atomic E-state index is 0.228. The first-order valence-electron chi connectivity index (χ1n) is 9.30. The summed E-state index contributed by atoms with van der Waals surface area (Å²) >= 11 is 0. The quantitative estimate of drug-likeness (QED) is 0.610. The molecule has 2 aromatic rings. The van der Waals surface area contributed by atoms with E-state index in [0.29, 0.717) is 19.5 Å². The van der Waals surface area contributed by atoms with E-state index < -0.39 is 0 Å². The summed E-state index contributed by atoms with van der Waals surface area (Å²) in [5.41, 5.74) is 1.54. The van der Waals surface area contributed by atoms with Gasteiger partial charge in [-0.05, 0) is 63.3 Å². The van der Waals surface area contributed by atoms with Crippen molar-refractivity contribution in [2.24, 2.45) is 0 Å². The minimum Gasteiger partial charge on any atom is -0.497 e. The molecule has 0 fully saturated rings. The van der Waals surface area contributed by atoms with Crippen LogP contribution in [0.15, 0.2) is 42.5 Å². The van der Waals surface area contributed by atoms with E-state index in [1.165, 1.54) is 0 Å². The zero-order valence-corrected chi connectivity index (χ0v) is 16.7. The first-order chi connectivity index (χ1) is 13.5. The summed E-state index contributed by atoms with van der Waals surface area (Å²) in [6.45, 7) is 1.92. The molecule has 1 aromatic carbocycles. The van der Waals surface area contributed by atoms with Crippen LogP contribution >= 0.6 is 0 Å². The van der Waals surface area contributed by atoms with Crippen LogP contribution in [0.5, 0.6) is 5.75 Å². The molecule has 0 atom stereocenters. The van der Waals surface area contributed by atoms with Crippen molar-refractivity contribution in [1.29, 1.82) is 0 Å². The molecule has 28 heavy (non-hydrogen) atoms. The van der Waals surface area contributed by atoms with E-state index in [1.54, 1.807) is 25.3 Å². The van der Waals surface area contributed by atoms with Crippen molar-refractivity contribution < 1.29 is 14.3 Å². The third-order valence-corrected chi connectivity index (χ3v) is 4.12. The Hall–Kier alpha value is -2.93. The van der Waals surface area contributed by atoms with E-state index in [2.05, 4.69) is 20.5 Å². The number of carbonyl (C=O) groups is 2. The van der Waals surface area contributed by atoms with Gasteiger partial charge in [0.05, 0.1) is 7.11 Å². The molecule has 0 aliphatic heterocycles. The van der Waals surface area contributed by atoms with E-state index >= 15 is 0 Å². The molecule has 1 heterocycles. The lowest BCUT2D eigenvalue weighted by molar-refractivity contribution is 0.0944. The van der Waals surface area contributed by atoms with Gasteiger partial charge in [0, 0.05) is 13.1 Å². The molecule has 0 saturated heterocycles. The maximum Gasteiger partial charge on any atom is 0.269 e. The first kappa shape index (κ1) is 21.4. The van der Waals surface area contributed by atoms with Crippen molar-refractivity contribution in [2.75, 3.05) is 40.8 Å². The molecule has 0 radical (unpaired) electrons. The van der Waals surface area contributed by atoms with Gasteiger partial charge in [0.25, 0.3) is 11.8 Å². The van der Waals surface area contributed by atoms with Crippen LogP contribution in [-0.4, -0.2) is 62.5 Å². The number of amides is 2. The van der Waals surface area contributed by atoms with Crippen molar-refractivity contribution in [3.05, 3.63) is 59.4 Å². The molecule has 0 spiro atoms. The smallest absolute Gasteiger partial charge is 0.269 e. The van der Waals surface area contributed by atoms with Gasteiger partial charge in [-0.1, -0.05) is 18.2 Å². The Balaban J connectivity index is 1.84. The topological polar surface area (TPSA) is 83.6 Å². The summed E-state index contributed by atoms with van der Waals surface area (Å²) in [4.78, 5) is 30.8. The van der Waals surface area contributed by atoms with Crippen LogP contribution in [0.4, 0.5) is 0 Å². The van der Waals surface area contributed by atoms with E-state index in [9.17, 15) is 9.59 Å². The highest BCUT2D eigenvalue weighted by molar-refractivity contribution is 5.96. The maximum atomic E-state index is 12.3. The Bertz CT molecular complexity index is 793. The fourth-order valence-electron chi connectivity index (χ4n) is 2.61. The lowest BCUT2D eigenvalue weighted by atomic mass is 10.1. The van der Waals surface area contributed by atoms with Gasteiger partial charge in [-0.2, -0.15) is 0 Å². The van der Waals surface area contributed by atoms with Crippen LogP contribution in [0.1, 0.15) is 33.0 Å². The second-order valence-corrected chi connectivity index (χ2v) is 6.68. The number of carbonyl (C=O) groups excluding carboxylic acids is 2. The molecule has 2 N–H and O–H groups in total. The predicted octanol–water partition coefficient (Wildman–Crippen LogP) is 1.74. The van der Waals surface area contributed by atoms with E-state index in [-0.39, 0.29) is 23.2 Å². The molecule has 7 nitrogen and oxygen atoms in total. The number of hydrogen-bond donors (Lipinski definition) is 2. The number of rotatable bonds is 10. The Morgan fingerprint density at radius 1 is 1.00 bits per heavy atom. The molecule has 150 valence electrons. The number of nitrogens with zero attached hydrogens (tertiary/aromatic N) is 2.